The third-order valence-corrected chi connectivity index (χ3v) is 3.40. The zero-order valence-corrected chi connectivity index (χ0v) is 12.2. The third-order valence-electron chi connectivity index (χ3n) is 3.21. The summed E-state index contributed by atoms with van der Waals surface area (Å²) in [6.45, 7) is 0. The van der Waals surface area contributed by atoms with Gasteiger partial charge in [-0.2, -0.15) is 0 Å². The summed E-state index contributed by atoms with van der Waals surface area (Å²) in [5.74, 6) is 0.807. The number of halogens is 1. The second-order valence-electron chi connectivity index (χ2n) is 4.52. The summed E-state index contributed by atoms with van der Waals surface area (Å²) >= 11 is 6.01. The van der Waals surface area contributed by atoms with Crippen molar-refractivity contribution < 1.29 is 4.74 Å². The van der Waals surface area contributed by atoms with Crippen molar-refractivity contribution in [3.8, 4) is 28.1 Å². The van der Waals surface area contributed by atoms with E-state index in [2.05, 4.69) is 10.2 Å². The molecule has 0 fully saturated rings. The van der Waals surface area contributed by atoms with Crippen LogP contribution < -0.4 is 4.74 Å². The lowest BCUT2D eigenvalue weighted by Crippen LogP contribution is -1.93. The van der Waals surface area contributed by atoms with Gasteiger partial charge in [-0.3, -0.25) is 0 Å². The van der Waals surface area contributed by atoms with Gasteiger partial charge in [0.25, 0.3) is 0 Å². The average molecular weight is 297 g/mol. The molecular weight excluding hydrogens is 284 g/mol. The number of benzene rings is 2. The molecule has 1 heterocycles. The highest BCUT2D eigenvalue weighted by Gasteiger charge is 2.11. The Kier molecular flexibility index (Phi) is 3.84. The van der Waals surface area contributed by atoms with Gasteiger partial charge in [0.05, 0.1) is 7.11 Å². The molecule has 0 aliphatic heterocycles. The van der Waals surface area contributed by atoms with Crippen molar-refractivity contribution in [3.05, 3.63) is 65.8 Å². The molecule has 3 rings (SSSR count). The van der Waals surface area contributed by atoms with Crippen molar-refractivity contribution in [2.45, 2.75) is 0 Å². The minimum Gasteiger partial charge on any atom is -0.497 e. The van der Waals surface area contributed by atoms with Crippen LogP contribution in [0.1, 0.15) is 0 Å². The molecule has 0 saturated heterocycles. The lowest BCUT2D eigenvalue weighted by atomic mass is 10.0. The Hall–Kier alpha value is -2.39. The Morgan fingerprint density at radius 1 is 0.857 bits per heavy atom. The number of nitrogens with zero attached hydrogens (tertiary/aromatic N) is 2. The van der Waals surface area contributed by atoms with E-state index in [9.17, 15) is 0 Å². The summed E-state index contributed by atoms with van der Waals surface area (Å²) < 4.78 is 5.18. The van der Waals surface area contributed by atoms with E-state index in [4.69, 9.17) is 16.3 Å². The van der Waals surface area contributed by atoms with Gasteiger partial charge in [-0.25, -0.2) is 0 Å². The first-order valence-corrected chi connectivity index (χ1v) is 6.89. The summed E-state index contributed by atoms with van der Waals surface area (Å²) in [5, 5.41) is 8.61. The van der Waals surface area contributed by atoms with E-state index in [0.29, 0.717) is 5.15 Å². The Bertz CT molecular complexity index is 742. The molecule has 4 heteroatoms. The van der Waals surface area contributed by atoms with Crippen LogP contribution in [0.25, 0.3) is 22.4 Å². The minimum absolute atomic E-state index is 0.381. The lowest BCUT2D eigenvalue weighted by molar-refractivity contribution is 0.415. The highest BCUT2D eigenvalue weighted by molar-refractivity contribution is 6.29. The van der Waals surface area contributed by atoms with Gasteiger partial charge in [-0.05, 0) is 35.9 Å². The molecule has 0 amide bonds. The van der Waals surface area contributed by atoms with Crippen molar-refractivity contribution in [2.75, 3.05) is 7.11 Å². The molecule has 0 aliphatic rings. The number of aromatic nitrogens is 2. The van der Waals surface area contributed by atoms with Gasteiger partial charge in [-0.15, -0.1) is 10.2 Å². The van der Waals surface area contributed by atoms with Gasteiger partial charge in [0.2, 0.25) is 0 Å². The summed E-state index contributed by atoms with van der Waals surface area (Å²) in [5.41, 5.74) is 3.79. The second kappa shape index (κ2) is 5.94. The highest BCUT2D eigenvalue weighted by atomic mass is 35.5. The molecular formula is C17H13ClN2O. The molecule has 3 aromatic rings. The molecule has 0 saturated carbocycles. The maximum Gasteiger partial charge on any atom is 0.152 e. The number of rotatable bonds is 3. The van der Waals surface area contributed by atoms with Gasteiger partial charge in [0.15, 0.2) is 5.15 Å². The molecule has 0 N–H and O–H groups in total. The van der Waals surface area contributed by atoms with Crippen LogP contribution in [0.2, 0.25) is 5.15 Å². The SMILES string of the molecule is COc1ccc(-c2nnc(Cl)cc2-c2ccccc2)cc1. The van der Waals surface area contributed by atoms with Crippen molar-refractivity contribution in [1.82, 2.24) is 10.2 Å². The Balaban J connectivity index is 2.13. The molecule has 0 aliphatic carbocycles. The van der Waals surface area contributed by atoms with Crippen LogP contribution in [0.15, 0.2) is 60.7 Å². The summed E-state index contributed by atoms with van der Waals surface area (Å²) in [6, 6.07) is 19.6. The summed E-state index contributed by atoms with van der Waals surface area (Å²) in [7, 11) is 1.65. The van der Waals surface area contributed by atoms with Crippen LogP contribution in [0.5, 0.6) is 5.75 Å². The van der Waals surface area contributed by atoms with Crippen LogP contribution in [0.4, 0.5) is 0 Å². The molecule has 0 radical (unpaired) electrons. The quantitative estimate of drug-likeness (QED) is 0.715. The zero-order chi connectivity index (χ0) is 14.7. The monoisotopic (exact) mass is 296 g/mol. The fourth-order valence-corrected chi connectivity index (χ4v) is 2.31. The zero-order valence-electron chi connectivity index (χ0n) is 11.5. The highest BCUT2D eigenvalue weighted by Crippen LogP contribution is 2.32. The molecule has 0 unspecified atom stereocenters. The largest absolute Gasteiger partial charge is 0.497 e. The van der Waals surface area contributed by atoms with E-state index in [1.807, 2.05) is 60.7 Å². The fraction of sp³-hybridized carbons (Fsp3) is 0.0588. The average Bonchev–Trinajstić information content (AvgIpc) is 2.56. The standard InChI is InChI=1S/C17H13ClN2O/c1-21-14-9-7-13(8-10-14)17-15(11-16(18)19-20-17)12-5-3-2-4-6-12/h2-11H,1H3. The van der Waals surface area contributed by atoms with Gasteiger partial charge in [0, 0.05) is 11.1 Å². The first kappa shape index (κ1) is 13.6. The maximum atomic E-state index is 6.01. The smallest absolute Gasteiger partial charge is 0.152 e. The van der Waals surface area contributed by atoms with Crippen LogP contribution in [0.3, 0.4) is 0 Å². The molecule has 3 nitrogen and oxygen atoms in total. The fourth-order valence-electron chi connectivity index (χ4n) is 2.17. The molecule has 2 aromatic carbocycles. The first-order chi connectivity index (χ1) is 10.3. The number of ether oxygens (including phenoxy) is 1. The van der Waals surface area contributed by atoms with Gasteiger partial charge in [0.1, 0.15) is 11.4 Å². The number of hydrogen-bond donors (Lipinski definition) is 0. The molecule has 104 valence electrons. The third kappa shape index (κ3) is 2.88. The van der Waals surface area contributed by atoms with Crippen molar-refractivity contribution >= 4 is 11.6 Å². The van der Waals surface area contributed by atoms with E-state index in [1.165, 1.54) is 0 Å². The second-order valence-corrected chi connectivity index (χ2v) is 4.91. The summed E-state index contributed by atoms with van der Waals surface area (Å²) in [4.78, 5) is 0. The van der Waals surface area contributed by atoms with Gasteiger partial charge >= 0.3 is 0 Å². The van der Waals surface area contributed by atoms with Crippen molar-refractivity contribution in [2.24, 2.45) is 0 Å². The topological polar surface area (TPSA) is 35.0 Å². The summed E-state index contributed by atoms with van der Waals surface area (Å²) in [6.07, 6.45) is 0. The van der Waals surface area contributed by atoms with E-state index in [0.717, 1.165) is 28.1 Å². The van der Waals surface area contributed by atoms with Crippen LogP contribution in [0, 0.1) is 0 Å². The Morgan fingerprint density at radius 2 is 1.57 bits per heavy atom. The van der Waals surface area contributed by atoms with Crippen LogP contribution >= 0.6 is 11.6 Å². The number of hydrogen-bond acceptors (Lipinski definition) is 3. The minimum atomic E-state index is 0.381. The predicted octanol–water partition coefficient (Wildman–Crippen LogP) is 4.47. The molecule has 1 aromatic heterocycles. The van der Waals surface area contributed by atoms with Gasteiger partial charge < -0.3 is 4.74 Å². The maximum absolute atomic E-state index is 6.01. The van der Waals surface area contributed by atoms with Crippen molar-refractivity contribution in [1.29, 1.82) is 0 Å². The molecule has 0 bridgehead atoms. The van der Waals surface area contributed by atoms with E-state index in [-0.39, 0.29) is 0 Å². The molecule has 0 atom stereocenters. The normalized spacial score (nSPS) is 10.4. The predicted molar refractivity (Wildman–Crippen MR) is 84.5 cm³/mol. The Morgan fingerprint density at radius 3 is 2.24 bits per heavy atom. The first-order valence-electron chi connectivity index (χ1n) is 6.51. The van der Waals surface area contributed by atoms with E-state index < -0.39 is 0 Å². The van der Waals surface area contributed by atoms with E-state index in [1.54, 1.807) is 7.11 Å². The number of methoxy groups -OCH3 is 1. The Labute approximate surface area is 128 Å². The van der Waals surface area contributed by atoms with Crippen molar-refractivity contribution in [3.63, 3.8) is 0 Å². The van der Waals surface area contributed by atoms with Crippen LogP contribution in [-0.2, 0) is 0 Å². The van der Waals surface area contributed by atoms with E-state index >= 15 is 0 Å². The lowest BCUT2D eigenvalue weighted by Gasteiger charge is -2.09. The van der Waals surface area contributed by atoms with Gasteiger partial charge in [-0.1, -0.05) is 41.9 Å². The molecule has 0 spiro atoms. The molecule has 21 heavy (non-hydrogen) atoms. The van der Waals surface area contributed by atoms with Crippen LogP contribution in [-0.4, -0.2) is 17.3 Å².